The Kier molecular flexibility index (Phi) is 3.47. The lowest BCUT2D eigenvalue weighted by atomic mass is 10.2. The lowest BCUT2D eigenvalue weighted by molar-refractivity contribution is 0.0935. The predicted octanol–water partition coefficient (Wildman–Crippen LogP) is 1.98. The van der Waals surface area contributed by atoms with Crippen molar-refractivity contribution in [1.29, 1.82) is 0 Å². The number of hydrogen-bond donors (Lipinski definition) is 1. The van der Waals surface area contributed by atoms with E-state index in [1.807, 2.05) is 34.0 Å². The maximum atomic E-state index is 12.1. The number of aromatic nitrogens is 3. The van der Waals surface area contributed by atoms with Gasteiger partial charge in [0.15, 0.2) is 0 Å². The van der Waals surface area contributed by atoms with Crippen LogP contribution in [0.3, 0.4) is 0 Å². The SMILES string of the molecule is Cc1nc(C(=O)NC(C)c2cnn(C)c2)c(C)s1. The number of rotatable bonds is 3. The second-order valence-electron chi connectivity index (χ2n) is 4.28. The van der Waals surface area contributed by atoms with Crippen LogP contribution in [0.5, 0.6) is 0 Å². The van der Waals surface area contributed by atoms with Crippen LogP contribution >= 0.6 is 11.3 Å². The summed E-state index contributed by atoms with van der Waals surface area (Å²) < 4.78 is 1.72. The van der Waals surface area contributed by atoms with E-state index in [2.05, 4.69) is 15.4 Å². The number of carbonyl (C=O) groups is 1. The Bertz CT molecular complexity index is 572. The minimum absolute atomic E-state index is 0.0763. The lowest BCUT2D eigenvalue weighted by Crippen LogP contribution is -2.27. The van der Waals surface area contributed by atoms with Gasteiger partial charge in [-0.15, -0.1) is 11.3 Å². The Morgan fingerprint density at radius 1 is 1.50 bits per heavy atom. The van der Waals surface area contributed by atoms with Crippen LogP contribution < -0.4 is 5.32 Å². The van der Waals surface area contributed by atoms with Gasteiger partial charge in [0.1, 0.15) is 5.69 Å². The Balaban J connectivity index is 2.10. The Morgan fingerprint density at radius 3 is 2.72 bits per heavy atom. The molecule has 0 saturated heterocycles. The fourth-order valence-electron chi connectivity index (χ4n) is 1.75. The quantitative estimate of drug-likeness (QED) is 0.922. The number of carbonyl (C=O) groups excluding carboxylic acids is 1. The number of hydrogen-bond acceptors (Lipinski definition) is 4. The van der Waals surface area contributed by atoms with E-state index in [9.17, 15) is 4.79 Å². The topological polar surface area (TPSA) is 59.8 Å². The van der Waals surface area contributed by atoms with Crippen molar-refractivity contribution in [2.45, 2.75) is 26.8 Å². The molecule has 2 aromatic heterocycles. The van der Waals surface area contributed by atoms with E-state index in [0.717, 1.165) is 15.4 Å². The van der Waals surface area contributed by atoms with Crippen LogP contribution in [0.25, 0.3) is 0 Å². The van der Waals surface area contributed by atoms with E-state index in [0.29, 0.717) is 5.69 Å². The average molecular weight is 264 g/mol. The molecule has 0 spiro atoms. The molecule has 6 heteroatoms. The van der Waals surface area contributed by atoms with Gasteiger partial charge in [-0.05, 0) is 20.8 Å². The van der Waals surface area contributed by atoms with Crippen molar-refractivity contribution >= 4 is 17.2 Å². The van der Waals surface area contributed by atoms with Gasteiger partial charge in [-0.25, -0.2) is 4.98 Å². The maximum Gasteiger partial charge on any atom is 0.271 e. The highest BCUT2D eigenvalue weighted by molar-refractivity contribution is 7.11. The summed E-state index contributed by atoms with van der Waals surface area (Å²) in [7, 11) is 1.85. The van der Waals surface area contributed by atoms with E-state index in [1.54, 1.807) is 10.9 Å². The number of amides is 1. The van der Waals surface area contributed by atoms with E-state index in [4.69, 9.17) is 0 Å². The van der Waals surface area contributed by atoms with Crippen molar-refractivity contribution in [1.82, 2.24) is 20.1 Å². The van der Waals surface area contributed by atoms with Crippen molar-refractivity contribution in [2.75, 3.05) is 0 Å². The second-order valence-corrected chi connectivity index (χ2v) is 5.69. The van der Waals surface area contributed by atoms with Gasteiger partial charge in [-0.3, -0.25) is 9.48 Å². The van der Waals surface area contributed by atoms with E-state index >= 15 is 0 Å². The third-order valence-electron chi connectivity index (χ3n) is 2.69. The molecule has 1 N–H and O–H groups in total. The van der Waals surface area contributed by atoms with Crippen LogP contribution in [0, 0.1) is 13.8 Å². The average Bonchev–Trinajstić information content (AvgIpc) is 2.84. The first-order valence-electron chi connectivity index (χ1n) is 5.71. The molecule has 0 aromatic carbocycles. The summed E-state index contributed by atoms with van der Waals surface area (Å²) in [6.07, 6.45) is 3.65. The van der Waals surface area contributed by atoms with Crippen molar-refractivity contribution in [2.24, 2.45) is 7.05 Å². The summed E-state index contributed by atoms with van der Waals surface area (Å²) in [6.45, 7) is 5.75. The first-order valence-corrected chi connectivity index (χ1v) is 6.52. The van der Waals surface area contributed by atoms with E-state index < -0.39 is 0 Å². The monoisotopic (exact) mass is 264 g/mol. The van der Waals surface area contributed by atoms with Crippen LogP contribution in [0.15, 0.2) is 12.4 Å². The Morgan fingerprint density at radius 2 is 2.22 bits per heavy atom. The number of nitrogens with one attached hydrogen (secondary N) is 1. The molecule has 1 amide bonds. The Hall–Kier alpha value is -1.69. The molecular formula is C12H16N4OS. The van der Waals surface area contributed by atoms with Crippen molar-refractivity contribution in [3.8, 4) is 0 Å². The number of thiazole rings is 1. The zero-order chi connectivity index (χ0) is 13.3. The second kappa shape index (κ2) is 4.89. The first kappa shape index (κ1) is 12.8. The van der Waals surface area contributed by atoms with E-state index in [-0.39, 0.29) is 11.9 Å². The standard InChI is InChI=1S/C12H16N4OS/c1-7(10-5-13-16(4)6-10)14-12(17)11-8(2)18-9(3)15-11/h5-7H,1-4H3,(H,14,17). The van der Waals surface area contributed by atoms with Crippen LogP contribution in [-0.2, 0) is 7.05 Å². The fourth-order valence-corrected chi connectivity index (χ4v) is 2.57. The molecule has 2 aromatic rings. The molecule has 96 valence electrons. The predicted molar refractivity (Wildman–Crippen MR) is 70.7 cm³/mol. The van der Waals surface area contributed by atoms with Crippen LogP contribution in [-0.4, -0.2) is 20.7 Å². The summed E-state index contributed by atoms with van der Waals surface area (Å²) in [5.41, 5.74) is 1.50. The molecule has 2 rings (SSSR count). The summed E-state index contributed by atoms with van der Waals surface area (Å²) in [6, 6.07) is -0.0763. The zero-order valence-electron chi connectivity index (χ0n) is 10.9. The van der Waals surface area contributed by atoms with Gasteiger partial charge < -0.3 is 5.32 Å². The van der Waals surface area contributed by atoms with Gasteiger partial charge in [-0.2, -0.15) is 5.10 Å². The molecule has 0 fully saturated rings. The van der Waals surface area contributed by atoms with Gasteiger partial charge in [0.2, 0.25) is 0 Å². The molecule has 2 heterocycles. The third-order valence-corrected chi connectivity index (χ3v) is 3.58. The zero-order valence-corrected chi connectivity index (χ0v) is 11.7. The molecule has 0 bridgehead atoms. The molecule has 1 unspecified atom stereocenters. The lowest BCUT2D eigenvalue weighted by Gasteiger charge is -2.11. The summed E-state index contributed by atoms with van der Waals surface area (Å²) in [4.78, 5) is 17.3. The fraction of sp³-hybridized carbons (Fsp3) is 0.417. The molecule has 5 nitrogen and oxygen atoms in total. The highest BCUT2D eigenvalue weighted by atomic mass is 32.1. The molecule has 0 aliphatic heterocycles. The van der Waals surface area contributed by atoms with Crippen molar-refractivity contribution in [3.63, 3.8) is 0 Å². The molecule has 0 aliphatic rings. The van der Waals surface area contributed by atoms with Gasteiger partial charge in [0, 0.05) is 23.7 Å². The highest BCUT2D eigenvalue weighted by Gasteiger charge is 2.17. The van der Waals surface area contributed by atoms with Crippen LogP contribution in [0.4, 0.5) is 0 Å². The Labute approximate surface area is 110 Å². The van der Waals surface area contributed by atoms with Gasteiger partial charge >= 0.3 is 0 Å². The van der Waals surface area contributed by atoms with Crippen molar-refractivity contribution in [3.05, 3.63) is 33.5 Å². The number of nitrogens with zero attached hydrogens (tertiary/aromatic N) is 3. The van der Waals surface area contributed by atoms with Crippen LogP contribution in [0.1, 0.15) is 38.9 Å². The van der Waals surface area contributed by atoms with Gasteiger partial charge in [0.25, 0.3) is 5.91 Å². The minimum atomic E-state index is -0.131. The molecule has 0 radical (unpaired) electrons. The molecule has 0 saturated carbocycles. The summed E-state index contributed by atoms with van der Waals surface area (Å²) in [5, 5.41) is 7.93. The number of aryl methyl sites for hydroxylation is 3. The normalized spacial score (nSPS) is 12.4. The highest BCUT2D eigenvalue weighted by Crippen LogP contribution is 2.18. The maximum absolute atomic E-state index is 12.1. The molecular weight excluding hydrogens is 248 g/mol. The third kappa shape index (κ3) is 2.59. The van der Waals surface area contributed by atoms with Crippen LogP contribution in [0.2, 0.25) is 0 Å². The minimum Gasteiger partial charge on any atom is -0.344 e. The van der Waals surface area contributed by atoms with Gasteiger partial charge in [-0.1, -0.05) is 0 Å². The molecule has 1 atom stereocenters. The summed E-state index contributed by atoms with van der Waals surface area (Å²) >= 11 is 1.54. The first-order chi connectivity index (χ1) is 8.47. The van der Waals surface area contributed by atoms with Gasteiger partial charge in [0.05, 0.1) is 17.2 Å². The largest absolute Gasteiger partial charge is 0.344 e. The van der Waals surface area contributed by atoms with Crippen molar-refractivity contribution < 1.29 is 4.79 Å². The van der Waals surface area contributed by atoms with E-state index in [1.165, 1.54) is 11.3 Å². The summed E-state index contributed by atoms with van der Waals surface area (Å²) in [5.74, 6) is -0.131. The smallest absolute Gasteiger partial charge is 0.271 e. The molecule has 18 heavy (non-hydrogen) atoms. The molecule has 0 aliphatic carbocycles.